The van der Waals surface area contributed by atoms with Gasteiger partial charge in [0.1, 0.15) is 11.9 Å². The van der Waals surface area contributed by atoms with Crippen LogP contribution in [0.4, 0.5) is 0 Å². The van der Waals surface area contributed by atoms with Crippen molar-refractivity contribution in [2.24, 2.45) is 7.05 Å². The molecule has 1 fully saturated rings. The largest absolute Gasteiger partial charge is 0.381 e. The Hall–Kier alpha value is -1.11. The molecule has 114 valence electrons. The van der Waals surface area contributed by atoms with E-state index in [0.717, 1.165) is 25.5 Å². The second-order valence-corrected chi connectivity index (χ2v) is 4.65. The van der Waals surface area contributed by atoms with Crippen molar-refractivity contribution in [3.05, 3.63) is 18.2 Å². The van der Waals surface area contributed by atoms with Crippen LogP contribution in [0.25, 0.3) is 0 Å². The first kappa shape index (κ1) is 16.9. The maximum absolute atomic E-state index is 12.3. The van der Waals surface area contributed by atoms with Gasteiger partial charge in [0.15, 0.2) is 0 Å². The average Bonchev–Trinajstić information content (AvgIpc) is 2.85. The number of hydrogen-bond acceptors (Lipinski definition) is 4. The summed E-state index contributed by atoms with van der Waals surface area (Å²) in [6, 6.07) is 0.0166. The topological polar surface area (TPSA) is 59.4 Å². The number of nitrogens with one attached hydrogen (secondary N) is 1. The second-order valence-electron chi connectivity index (χ2n) is 4.65. The third-order valence-electron chi connectivity index (χ3n) is 3.38. The second kappa shape index (κ2) is 8.24. The number of rotatable bonds is 5. The Kier molecular flexibility index (Phi) is 6.98. The highest BCUT2D eigenvalue weighted by Crippen LogP contribution is 2.21. The van der Waals surface area contributed by atoms with Gasteiger partial charge in [0.2, 0.25) is 5.91 Å². The van der Waals surface area contributed by atoms with Crippen LogP contribution < -0.4 is 5.32 Å². The van der Waals surface area contributed by atoms with Crippen molar-refractivity contribution in [3.63, 3.8) is 0 Å². The van der Waals surface area contributed by atoms with E-state index in [-0.39, 0.29) is 24.4 Å². The van der Waals surface area contributed by atoms with Gasteiger partial charge in [-0.2, -0.15) is 0 Å². The Balaban J connectivity index is 0.00000200. The fourth-order valence-electron chi connectivity index (χ4n) is 2.38. The number of hydrogen-bond donors (Lipinski definition) is 1. The van der Waals surface area contributed by atoms with E-state index in [4.69, 9.17) is 4.74 Å². The maximum Gasteiger partial charge on any atom is 0.225 e. The third kappa shape index (κ3) is 3.94. The van der Waals surface area contributed by atoms with Gasteiger partial charge in [-0.1, -0.05) is 0 Å². The predicted molar refractivity (Wildman–Crippen MR) is 78.9 cm³/mol. The Morgan fingerprint density at radius 2 is 2.40 bits per heavy atom. The van der Waals surface area contributed by atoms with Crippen LogP contribution in [-0.4, -0.2) is 53.2 Å². The van der Waals surface area contributed by atoms with Crippen LogP contribution in [0.3, 0.4) is 0 Å². The fraction of sp³-hybridized carbons (Fsp3) is 0.692. The van der Waals surface area contributed by atoms with Crippen LogP contribution in [0.1, 0.15) is 25.2 Å². The first-order valence-corrected chi connectivity index (χ1v) is 6.79. The summed E-state index contributed by atoms with van der Waals surface area (Å²) >= 11 is 0. The van der Waals surface area contributed by atoms with Crippen molar-refractivity contribution < 1.29 is 9.53 Å². The lowest BCUT2D eigenvalue weighted by molar-refractivity contribution is -0.135. The zero-order valence-corrected chi connectivity index (χ0v) is 12.9. The van der Waals surface area contributed by atoms with Gasteiger partial charge in [-0.3, -0.25) is 4.79 Å². The van der Waals surface area contributed by atoms with Crippen LogP contribution >= 0.6 is 12.4 Å². The van der Waals surface area contributed by atoms with Gasteiger partial charge in [0.25, 0.3) is 0 Å². The van der Waals surface area contributed by atoms with E-state index >= 15 is 0 Å². The van der Waals surface area contributed by atoms with Crippen molar-refractivity contribution in [2.45, 2.75) is 19.4 Å². The first-order chi connectivity index (χ1) is 9.24. The Labute approximate surface area is 125 Å². The SMILES string of the molecule is CCOCCC(=O)N1CCNCC1c1nccn1C.Cl. The Bertz CT molecular complexity index is 424. The van der Waals surface area contributed by atoms with E-state index in [1.54, 1.807) is 6.20 Å². The molecule has 1 aliphatic heterocycles. The van der Waals surface area contributed by atoms with Gasteiger partial charge in [-0.15, -0.1) is 12.4 Å². The molecule has 1 aromatic heterocycles. The number of nitrogens with zero attached hydrogens (tertiary/aromatic N) is 3. The standard InChI is InChI=1S/C13H22N4O2.ClH/c1-3-19-9-4-12(18)17-8-5-14-10-11(17)13-15-6-7-16(13)2;/h6-7,11,14H,3-5,8-10H2,1-2H3;1H. The molecule has 1 saturated heterocycles. The number of aryl methyl sites for hydroxylation is 1. The highest BCUT2D eigenvalue weighted by atomic mass is 35.5. The number of aromatic nitrogens is 2. The average molecular weight is 303 g/mol. The maximum atomic E-state index is 12.3. The number of amides is 1. The minimum atomic E-state index is 0. The summed E-state index contributed by atoms with van der Waals surface area (Å²) in [6.45, 7) is 5.39. The summed E-state index contributed by atoms with van der Waals surface area (Å²) in [5.74, 6) is 1.07. The molecule has 0 aromatic carbocycles. The molecule has 1 unspecified atom stereocenters. The van der Waals surface area contributed by atoms with Crippen LogP contribution in [0.2, 0.25) is 0 Å². The van der Waals surface area contributed by atoms with E-state index in [1.807, 2.05) is 29.6 Å². The molecular weight excluding hydrogens is 280 g/mol. The van der Waals surface area contributed by atoms with Crippen LogP contribution in [0, 0.1) is 0 Å². The van der Waals surface area contributed by atoms with E-state index in [9.17, 15) is 4.79 Å². The smallest absolute Gasteiger partial charge is 0.225 e. The lowest BCUT2D eigenvalue weighted by atomic mass is 10.1. The van der Waals surface area contributed by atoms with Crippen molar-refractivity contribution in [1.82, 2.24) is 19.8 Å². The fourth-order valence-corrected chi connectivity index (χ4v) is 2.38. The number of carbonyl (C=O) groups is 1. The molecule has 1 atom stereocenters. The minimum absolute atomic E-state index is 0. The third-order valence-corrected chi connectivity index (χ3v) is 3.38. The highest BCUT2D eigenvalue weighted by molar-refractivity contribution is 5.85. The molecule has 6 nitrogen and oxygen atoms in total. The van der Waals surface area contributed by atoms with Gasteiger partial charge in [-0.05, 0) is 6.92 Å². The molecule has 0 radical (unpaired) electrons. The molecule has 7 heteroatoms. The number of carbonyl (C=O) groups excluding carboxylic acids is 1. The van der Waals surface area contributed by atoms with Gasteiger partial charge in [0.05, 0.1) is 13.0 Å². The molecule has 1 N–H and O–H groups in total. The van der Waals surface area contributed by atoms with Crippen LogP contribution in [0.15, 0.2) is 12.4 Å². The first-order valence-electron chi connectivity index (χ1n) is 6.79. The van der Waals surface area contributed by atoms with Gasteiger partial charge in [-0.25, -0.2) is 4.98 Å². The number of piperazine rings is 1. The summed E-state index contributed by atoms with van der Waals surface area (Å²) in [5, 5.41) is 3.32. The quantitative estimate of drug-likeness (QED) is 0.815. The number of halogens is 1. The Morgan fingerprint density at radius 3 is 3.05 bits per heavy atom. The van der Waals surface area contributed by atoms with E-state index < -0.39 is 0 Å². The van der Waals surface area contributed by atoms with Crippen molar-refractivity contribution in [1.29, 1.82) is 0 Å². The Morgan fingerprint density at radius 1 is 1.60 bits per heavy atom. The molecule has 2 heterocycles. The molecule has 1 aliphatic rings. The molecule has 1 amide bonds. The summed E-state index contributed by atoms with van der Waals surface area (Å²) in [7, 11) is 1.96. The van der Waals surface area contributed by atoms with Crippen molar-refractivity contribution in [2.75, 3.05) is 32.8 Å². The highest BCUT2D eigenvalue weighted by Gasteiger charge is 2.29. The molecule has 1 aromatic rings. The molecule has 2 rings (SSSR count). The van der Waals surface area contributed by atoms with E-state index in [0.29, 0.717) is 19.6 Å². The van der Waals surface area contributed by atoms with Gasteiger partial charge < -0.3 is 19.5 Å². The molecule has 0 saturated carbocycles. The molecule has 0 spiro atoms. The molecule has 20 heavy (non-hydrogen) atoms. The lowest BCUT2D eigenvalue weighted by Crippen LogP contribution is -2.49. The molecular formula is C13H23ClN4O2. The minimum Gasteiger partial charge on any atom is -0.381 e. The van der Waals surface area contributed by atoms with Crippen molar-refractivity contribution >= 4 is 18.3 Å². The number of imidazole rings is 1. The molecule has 0 aliphatic carbocycles. The van der Waals surface area contributed by atoms with E-state index in [1.165, 1.54) is 0 Å². The zero-order chi connectivity index (χ0) is 13.7. The normalized spacial score (nSPS) is 18.7. The monoisotopic (exact) mass is 302 g/mol. The summed E-state index contributed by atoms with van der Waals surface area (Å²) in [6.07, 6.45) is 4.12. The molecule has 0 bridgehead atoms. The summed E-state index contributed by atoms with van der Waals surface area (Å²) in [5.41, 5.74) is 0. The van der Waals surface area contributed by atoms with Crippen LogP contribution in [-0.2, 0) is 16.6 Å². The zero-order valence-electron chi connectivity index (χ0n) is 12.0. The predicted octanol–water partition coefficient (Wildman–Crippen LogP) is 0.741. The van der Waals surface area contributed by atoms with Gasteiger partial charge in [0, 0.05) is 45.7 Å². The van der Waals surface area contributed by atoms with E-state index in [2.05, 4.69) is 10.3 Å². The van der Waals surface area contributed by atoms with Crippen molar-refractivity contribution in [3.8, 4) is 0 Å². The number of ether oxygens (including phenoxy) is 1. The van der Waals surface area contributed by atoms with Gasteiger partial charge >= 0.3 is 0 Å². The lowest BCUT2D eigenvalue weighted by Gasteiger charge is -2.35. The van der Waals surface area contributed by atoms with Crippen LogP contribution in [0.5, 0.6) is 0 Å². The summed E-state index contributed by atoms with van der Waals surface area (Å²) < 4.78 is 7.23. The summed E-state index contributed by atoms with van der Waals surface area (Å²) in [4.78, 5) is 18.6.